The number of carbonyl (C=O) groups is 1. The zero-order valence-electron chi connectivity index (χ0n) is 14.2. The number of anilines is 2. The van der Waals surface area contributed by atoms with E-state index in [9.17, 15) is 13.2 Å². The zero-order valence-corrected chi connectivity index (χ0v) is 15.9. The Morgan fingerprint density at radius 1 is 1.12 bits per heavy atom. The Kier molecular flexibility index (Phi) is 6.63. The third-order valence-electron chi connectivity index (χ3n) is 4.27. The van der Waals surface area contributed by atoms with Crippen LogP contribution < -0.4 is 15.4 Å². The molecule has 1 heterocycles. The van der Waals surface area contributed by atoms with Crippen LogP contribution in [0.15, 0.2) is 53.4 Å². The van der Waals surface area contributed by atoms with E-state index in [0.29, 0.717) is 12.2 Å². The van der Waals surface area contributed by atoms with Crippen LogP contribution in [0.4, 0.5) is 11.4 Å². The molecule has 0 aromatic heterocycles. The van der Waals surface area contributed by atoms with Crippen molar-refractivity contribution in [3.63, 3.8) is 0 Å². The summed E-state index contributed by atoms with van der Waals surface area (Å²) >= 11 is 0. The summed E-state index contributed by atoms with van der Waals surface area (Å²) < 4.78 is 26.8. The first kappa shape index (κ1) is 20.2. The van der Waals surface area contributed by atoms with E-state index in [0.717, 1.165) is 24.1 Å². The van der Waals surface area contributed by atoms with Gasteiger partial charge >= 0.3 is 0 Å². The van der Waals surface area contributed by atoms with Gasteiger partial charge in [0.15, 0.2) is 0 Å². The van der Waals surface area contributed by atoms with Gasteiger partial charge in [0.25, 0.3) is 0 Å². The normalized spacial score (nSPS) is 13.6. The topological polar surface area (TPSA) is 92.5 Å². The van der Waals surface area contributed by atoms with Gasteiger partial charge in [-0.2, -0.15) is 0 Å². The predicted molar refractivity (Wildman–Crippen MR) is 105 cm³/mol. The molecular formula is C18H22ClN3O3S. The van der Waals surface area contributed by atoms with E-state index in [1.54, 1.807) is 23.1 Å². The maximum atomic E-state index is 12.5. The standard InChI is InChI=1S/C18H21N3O3S.ClH/c19-16-9-4-10-17-15(16)8-5-13-21(17)18(22)11-12-20-25(23,24)14-6-2-1-3-7-14;/h1-4,6-7,9-10,20H,5,8,11-13,19H2;1H. The number of benzene rings is 2. The highest BCUT2D eigenvalue weighted by molar-refractivity contribution is 7.89. The van der Waals surface area contributed by atoms with Gasteiger partial charge in [-0.1, -0.05) is 24.3 Å². The maximum absolute atomic E-state index is 12.5. The molecule has 3 N–H and O–H groups in total. The molecule has 140 valence electrons. The van der Waals surface area contributed by atoms with E-state index in [4.69, 9.17) is 5.73 Å². The molecule has 0 saturated carbocycles. The second-order valence-corrected chi connectivity index (χ2v) is 7.72. The van der Waals surface area contributed by atoms with Crippen LogP contribution in [0.2, 0.25) is 0 Å². The monoisotopic (exact) mass is 395 g/mol. The van der Waals surface area contributed by atoms with Crippen molar-refractivity contribution >= 4 is 39.7 Å². The van der Waals surface area contributed by atoms with Crippen molar-refractivity contribution in [3.8, 4) is 0 Å². The van der Waals surface area contributed by atoms with Crippen LogP contribution in [0.1, 0.15) is 18.4 Å². The second-order valence-electron chi connectivity index (χ2n) is 5.95. The molecule has 26 heavy (non-hydrogen) atoms. The molecule has 0 spiro atoms. The molecule has 0 atom stereocenters. The number of nitrogens with two attached hydrogens (primary N) is 1. The minimum Gasteiger partial charge on any atom is -0.398 e. The summed E-state index contributed by atoms with van der Waals surface area (Å²) in [7, 11) is -3.59. The lowest BCUT2D eigenvalue weighted by molar-refractivity contribution is -0.118. The summed E-state index contributed by atoms with van der Waals surface area (Å²) in [5.74, 6) is -0.109. The van der Waals surface area contributed by atoms with Crippen LogP contribution in [-0.4, -0.2) is 27.4 Å². The molecule has 2 aromatic carbocycles. The number of sulfonamides is 1. The summed E-state index contributed by atoms with van der Waals surface area (Å²) in [6.45, 7) is 0.685. The molecule has 6 nitrogen and oxygen atoms in total. The van der Waals surface area contributed by atoms with Gasteiger partial charge in [0.2, 0.25) is 15.9 Å². The van der Waals surface area contributed by atoms with Crippen LogP contribution in [0.25, 0.3) is 0 Å². The maximum Gasteiger partial charge on any atom is 0.240 e. The summed E-state index contributed by atoms with van der Waals surface area (Å²) in [6, 6.07) is 13.7. The molecule has 8 heteroatoms. The summed E-state index contributed by atoms with van der Waals surface area (Å²) in [5.41, 5.74) is 8.52. The third kappa shape index (κ3) is 4.35. The quantitative estimate of drug-likeness (QED) is 0.760. The Morgan fingerprint density at radius 2 is 1.85 bits per heavy atom. The lowest BCUT2D eigenvalue weighted by atomic mass is 9.99. The van der Waals surface area contributed by atoms with Gasteiger partial charge in [-0.05, 0) is 42.7 Å². The lowest BCUT2D eigenvalue weighted by Gasteiger charge is -2.30. The van der Waals surface area contributed by atoms with Crippen LogP contribution in [-0.2, 0) is 21.2 Å². The van der Waals surface area contributed by atoms with Crippen LogP contribution in [0.3, 0.4) is 0 Å². The molecule has 2 aromatic rings. The van der Waals surface area contributed by atoms with Crippen molar-refractivity contribution in [2.75, 3.05) is 23.7 Å². The van der Waals surface area contributed by atoms with Gasteiger partial charge in [0.1, 0.15) is 0 Å². The molecule has 1 amide bonds. The fraction of sp³-hybridized carbons (Fsp3) is 0.278. The number of hydrogen-bond acceptors (Lipinski definition) is 4. The third-order valence-corrected chi connectivity index (χ3v) is 5.75. The number of halogens is 1. The molecular weight excluding hydrogens is 374 g/mol. The summed E-state index contributed by atoms with van der Waals surface area (Å²) in [4.78, 5) is 14.4. The van der Waals surface area contributed by atoms with Gasteiger partial charge in [0.05, 0.1) is 4.90 Å². The van der Waals surface area contributed by atoms with Crippen molar-refractivity contribution in [2.45, 2.75) is 24.2 Å². The van der Waals surface area contributed by atoms with E-state index in [2.05, 4.69) is 4.72 Å². The van der Waals surface area contributed by atoms with Crippen LogP contribution >= 0.6 is 12.4 Å². The van der Waals surface area contributed by atoms with Gasteiger partial charge in [-0.15, -0.1) is 12.4 Å². The minimum atomic E-state index is -3.59. The summed E-state index contributed by atoms with van der Waals surface area (Å²) in [6.07, 6.45) is 1.80. The van der Waals surface area contributed by atoms with Crippen molar-refractivity contribution < 1.29 is 13.2 Å². The number of fused-ring (bicyclic) bond motifs is 1. The number of amides is 1. The van der Waals surface area contributed by atoms with Crippen molar-refractivity contribution in [1.29, 1.82) is 0 Å². The van der Waals surface area contributed by atoms with E-state index < -0.39 is 10.0 Å². The van der Waals surface area contributed by atoms with Gasteiger partial charge in [-0.25, -0.2) is 13.1 Å². The fourth-order valence-electron chi connectivity index (χ4n) is 3.02. The Labute approximate surface area is 159 Å². The number of nitrogen functional groups attached to an aromatic ring is 1. The van der Waals surface area contributed by atoms with Crippen LogP contribution in [0.5, 0.6) is 0 Å². The second kappa shape index (κ2) is 8.53. The zero-order chi connectivity index (χ0) is 17.9. The molecule has 0 saturated heterocycles. The highest BCUT2D eigenvalue weighted by atomic mass is 35.5. The molecule has 0 radical (unpaired) electrons. The SMILES string of the molecule is Cl.Nc1cccc2c1CCCN2C(=O)CCNS(=O)(=O)c1ccccc1. The Balaban J connectivity index is 0.00000243. The van der Waals surface area contributed by atoms with E-state index in [1.807, 2.05) is 18.2 Å². The first-order valence-electron chi connectivity index (χ1n) is 8.21. The molecule has 3 rings (SSSR count). The number of nitrogens with one attached hydrogen (secondary N) is 1. The van der Waals surface area contributed by atoms with Gasteiger partial charge < -0.3 is 10.6 Å². The Bertz CT molecular complexity index is 873. The highest BCUT2D eigenvalue weighted by Crippen LogP contribution is 2.31. The number of hydrogen-bond donors (Lipinski definition) is 2. The molecule has 1 aliphatic rings. The van der Waals surface area contributed by atoms with Crippen molar-refractivity contribution in [3.05, 3.63) is 54.1 Å². The first-order valence-corrected chi connectivity index (χ1v) is 9.70. The van der Waals surface area contributed by atoms with Crippen LogP contribution in [0, 0.1) is 0 Å². The predicted octanol–water partition coefficient (Wildman–Crippen LogP) is 2.34. The van der Waals surface area contributed by atoms with Gasteiger partial charge in [-0.3, -0.25) is 4.79 Å². The molecule has 0 aliphatic carbocycles. The Hall–Kier alpha value is -2.09. The Morgan fingerprint density at radius 3 is 2.58 bits per heavy atom. The van der Waals surface area contributed by atoms with Crippen molar-refractivity contribution in [2.24, 2.45) is 0 Å². The molecule has 1 aliphatic heterocycles. The van der Waals surface area contributed by atoms with Crippen molar-refractivity contribution in [1.82, 2.24) is 4.72 Å². The highest BCUT2D eigenvalue weighted by Gasteiger charge is 2.24. The van der Waals surface area contributed by atoms with E-state index >= 15 is 0 Å². The van der Waals surface area contributed by atoms with E-state index in [1.165, 1.54) is 12.1 Å². The molecule has 0 unspecified atom stereocenters. The average molecular weight is 396 g/mol. The number of carbonyl (C=O) groups excluding carboxylic acids is 1. The first-order chi connectivity index (χ1) is 12.0. The number of nitrogens with zero attached hydrogens (tertiary/aromatic N) is 1. The van der Waals surface area contributed by atoms with E-state index in [-0.39, 0.29) is 36.2 Å². The minimum absolute atomic E-state index is 0. The molecule has 0 bridgehead atoms. The number of rotatable bonds is 5. The lowest BCUT2D eigenvalue weighted by Crippen LogP contribution is -2.38. The average Bonchev–Trinajstić information content (AvgIpc) is 2.62. The molecule has 0 fully saturated rings. The smallest absolute Gasteiger partial charge is 0.240 e. The summed E-state index contributed by atoms with van der Waals surface area (Å²) in [5, 5.41) is 0. The van der Waals surface area contributed by atoms with Gasteiger partial charge in [0, 0.05) is 30.9 Å². The largest absolute Gasteiger partial charge is 0.398 e. The fourth-order valence-corrected chi connectivity index (χ4v) is 4.07.